The second-order valence-corrected chi connectivity index (χ2v) is 9.19. The Bertz CT molecular complexity index is 964. The standard InChI is InChI=1S/C24H30N2O7/c1-24(2,3)33-19(28)10-6-14-32-13-5-8-15-7-4-9-16-20(15)23(31)26(22(16)30)17-11-12-18(27)25-21(17)29/h4,7,9,17H,5-6,8,10-14H2,1-3H3,(H,25,27,29). The van der Waals surface area contributed by atoms with Gasteiger partial charge in [-0.15, -0.1) is 0 Å². The van der Waals surface area contributed by atoms with Gasteiger partial charge < -0.3 is 9.47 Å². The minimum Gasteiger partial charge on any atom is -0.460 e. The molecule has 3 rings (SSSR count). The van der Waals surface area contributed by atoms with Crippen molar-refractivity contribution in [1.82, 2.24) is 10.2 Å². The van der Waals surface area contributed by atoms with Gasteiger partial charge in [-0.2, -0.15) is 0 Å². The minimum atomic E-state index is -0.976. The summed E-state index contributed by atoms with van der Waals surface area (Å²) in [5.41, 5.74) is 0.816. The molecule has 0 spiro atoms. The summed E-state index contributed by atoms with van der Waals surface area (Å²) in [7, 11) is 0. The molecule has 2 aliphatic heterocycles. The van der Waals surface area contributed by atoms with Crippen molar-refractivity contribution in [3.63, 3.8) is 0 Å². The summed E-state index contributed by atoms with van der Waals surface area (Å²) in [6.45, 7) is 6.34. The maximum Gasteiger partial charge on any atom is 0.306 e. The smallest absolute Gasteiger partial charge is 0.306 e. The lowest BCUT2D eigenvalue weighted by molar-refractivity contribution is -0.155. The summed E-state index contributed by atoms with van der Waals surface area (Å²) in [6, 6.07) is 4.12. The summed E-state index contributed by atoms with van der Waals surface area (Å²) >= 11 is 0. The van der Waals surface area contributed by atoms with Crippen LogP contribution < -0.4 is 5.32 Å². The molecule has 1 atom stereocenters. The first-order valence-corrected chi connectivity index (χ1v) is 11.2. The van der Waals surface area contributed by atoms with E-state index in [-0.39, 0.29) is 30.8 Å². The molecule has 1 aromatic rings. The van der Waals surface area contributed by atoms with E-state index >= 15 is 0 Å². The summed E-state index contributed by atoms with van der Waals surface area (Å²) in [5, 5.41) is 2.20. The molecular formula is C24H30N2O7. The minimum absolute atomic E-state index is 0.0853. The van der Waals surface area contributed by atoms with Crippen LogP contribution in [0.25, 0.3) is 0 Å². The zero-order valence-electron chi connectivity index (χ0n) is 19.3. The lowest BCUT2D eigenvalue weighted by Gasteiger charge is -2.27. The van der Waals surface area contributed by atoms with Gasteiger partial charge >= 0.3 is 5.97 Å². The molecule has 0 aliphatic carbocycles. The number of imide groups is 2. The number of rotatable bonds is 9. The van der Waals surface area contributed by atoms with E-state index in [4.69, 9.17) is 9.47 Å². The van der Waals surface area contributed by atoms with Crippen LogP contribution >= 0.6 is 0 Å². The molecular weight excluding hydrogens is 428 g/mol. The number of hydrogen-bond acceptors (Lipinski definition) is 7. The molecule has 1 unspecified atom stereocenters. The zero-order chi connectivity index (χ0) is 24.2. The van der Waals surface area contributed by atoms with Crippen LogP contribution in [0.15, 0.2) is 18.2 Å². The number of nitrogens with zero attached hydrogens (tertiary/aromatic N) is 1. The van der Waals surface area contributed by atoms with Crippen LogP contribution in [0, 0.1) is 0 Å². The molecule has 0 aromatic heterocycles. The lowest BCUT2D eigenvalue weighted by Crippen LogP contribution is -2.54. The van der Waals surface area contributed by atoms with E-state index in [2.05, 4.69) is 5.32 Å². The molecule has 9 heteroatoms. The van der Waals surface area contributed by atoms with Gasteiger partial charge in [0.25, 0.3) is 11.8 Å². The van der Waals surface area contributed by atoms with E-state index in [1.165, 1.54) is 0 Å². The van der Waals surface area contributed by atoms with Crippen molar-refractivity contribution in [1.29, 1.82) is 0 Å². The van der Waals surface area contributed by atoms with E-state index in [1.807, 2.05) is 20.8 Å². The number of fused-ring (bicyclic) bond motifs is 1. The van der Waals surface area contributed by atoms with E-state index in [9.17, 15) is 24.0 Å². The number of piperidine rings is 1. The van der Waals surface area contributed by atoms with Crippen molar-refractivity contribution >= 4 is 29.6 Å². The third-order valence-corrected chi connectivity index (χ3v) is 5.38. The van der Waals surface area contributed by atoms with E-state index in [0.717, 1.165) is 10.5 Å². The third-order valence-electron chi connectivity index (χ3n) is 5.38. The van der Waals surface area contributed by atoms with Crippen LogP contribution in [-0.4, -0.2) is 59.4 Å². The number of benzene rings is 1. The number of carbonyl (C=O) groups excluding carboxylic acids is 5. The number of amides is 4. The van der Waals surface area contributed by atoms with E-state index < -0.39 is 35.3 Å². The van der Waals surface area contributed by atoms with Gasteiger partial charge in [0.1, 0.15) is 11.6 Å². The highest BCUT2D eigenvalue weighted by molar-refractivity contribution is 6.24. The summed E-state index contributed by atoms with van der Waals surface area (Å²) < 4.78 is 10.8. The van der Waals surface area contributed by atoms with Crippen LogP contribution in [0.4, 0.5) is 0 Å². The maximum atomic E-state index is 13.1. The predicted molar refractivity (Wildman–Crippen MR) is 117 cm³/mol. The number of carbonyl (C=O) groups is 5. The van der Waals surface area contributed by atoms with Gasteiger partial charge in [-0.3, -0.25) is 34.2 Å². The largest absolute Gasteiger partial charge is 0.460 e. The molecule has 1 saturated heterocycles. The van der Waals surface area contributed by atoms with Crippen LogP contribution in [0.5, 0.6) is 0 Å². The molecule has 0 bridgehead atoms. The van der Waals surface area contributed by atoms with Gasteiger partial charge in [0.2, 0.25) is 11.8 Å². The quantitative estimate of drug-likeness (QED) is 0.342. The van der Waals surface area contributed by atoms with Crippen LogP contribution in [0.2, 0.25) is 0 Å². The molecule has 0 radical (unpaired) electrons. The summed E-state index contributed by atoms with van der Waals surface area (Å²) in [6.07, 6.45) is 2.21. The summed E-state index contributed by atoms with van der Waals surface area (Å²) in [4.78, 5) is 62.2. The fraction of sp³-hybridized carbons (Fsp3) is 0.542. The Morgan fingerprint density at radius 2 is 1.82 bits per heavy atom. The SMILES string of the molecule is CC(C)(C)OC(=O)CCCOCCCc1cccc2c1C(=O)N(C1CCC(=O)NC1=O)C2=O. The van der Waals surface area contributed by atoms with E-state index in [1.54, 1.807) is 18.2 Å². The Labute approximate surface area is 192 Å². The average Bonchev–Trinajstić information content (AvgIpc) is 2.97. The molecule has 2 heterocycles. The maximum absolute atomic E-state index is 13.1. The highest BCUT2D eigenvalue weighted by Crippen LogP contribution is 2.30. The number of ether oxygens (including phenoxy) is 2. The number of hydrogen-bond donors (Lipinski definition) is 1. The molecule has 1 fully saturated rings. The Hall–Kier alpha value is -3.07. The van der Waals surface area contributed by atoms with Gasteiger partial charge in [0.15, 0.2) is 0 Å². The highest BCUT2D eigenvalue weighted by atomic mass is 16.6. The van der Waals surface area contributed by atoms with Crippen LogP contribution in [0.1, 0.15) is 79.2 Å². The average molecular weight is 459 g/mol. The summed E-state index contributed by atoms with van der Waals surface area (Å²) in [5.74, 6) is -2.29. The molecule has 9 nitrogen and oxygen atoms in total. The fourth-order valence-electron chi connectivity index (χ4n) is 3.97. The van der Waals surface area contributed by atoms with Crippen molar-refractivity contribution in [2.45, 2.75) is 70.9 Å². The van der Waals surface area contributed by atoms with Gasteiger partial charge in [-0.1, -0.05) is 12.1 Å². The molecule has 0 saturated carbocycles. The molecule has 1 aromatic carbocycles. The normalized spacial score (nSPS) is 18.4. The van der Waals surface area contributed by atoms with Gasteiger partial charge in [0.05, 0.1) is 11.1 Å². The second-order valence-electron chi connectivity index (χ2n) is 9.19. The monoisotopic (exact) mass is 458 g/mol. The third kappa shape index (κ3) is 6.04. The van der Waals surface area contributed by atoms with Crippen molar-refractivity contribution in [2.24, 2.45) is 0 Å². The predicted octanol–water partition coefficient (Wildman–Crippen LogP) is 2.16. The number of aryl methyl sites for hydroxylation is 1. The Kier molecular flexibility index (Phi) is 7.63. The first-order valence-electron chi connectivity index (χ1n) is 11.2. The topological polar surface area (TPSA) is 119 Å². The Morgan fingerprint density at radius 3 is 2.52 bits per heavy atom. The molecule has 33 heavy (non-hydrogen) atoms. The van der Waals surface area contributed by atoms with Crippen LogP contribution in [0.3, 0.4) is 0 Å². The molecule has 178 valence electrons. The first-order chi connectivity index (χ1) is 15.6. The first kappa shape index (κ1) is 24.6. The Balaban J connectivity index is 1.50. The molecule has 1 N–H and O–H groups in total. The zero-order valence-corrected chi connectivity index (χ0v) is 19.3. The van der Waals surface area contributed by atoms with Gasteiger partial charge in [-0.05, 0) is 58.1 Å². The number of nitrogens with one attached hydrogen (secondary N) is 1. The van der Waals surface area contributed by atoms with Crippen molar-refractivity contribution in [3.05, 3.63) is 34.9 Å². The lowest BCUT2D eigenvalue weighted by atomic mass is 9.99. The number of esters is 1. The fourth-order valence-corrected chi connectivity index (χ4v) is 3.97. The van der Waals surface area contributed by atoms with E-state index in [0.29, 0.717) is 38.0 Å². The van der Waals surface area contributed by atoms with Crippen LogP contribution in [-0.2, 0) is 30.3 Å². The Morgan fingerprint density at radius 1 is 1.09 bits per heavy atom. The van der Waals surface area contributed by atoms with Gasteiger partial charge in [0, 0.05) is 26.1 Å². The van der Waals surface area contributed by atoms with Crippen molar-refractivity contribution in [2.75, 3.05) is 13.2 Å². The van der Waals surface area contributed by atoms with Crippen molar-refractivity contribution < 1.29 is 33.4 Å². The molecule has 4 amide bonds. The highest BCUT2D eigenvalue weighted by Gasteiger charge is 2.45. The molecule has 2 aliphatic rings. The van der Waals surface area contributed by atoms with Crippen molar-refractivity contribution in [3.8, 4) is 0 Å². The van der Waals surface area contributed by atoms with Gasteiger partial charge in [-0.25, -0.2) is 0 Å². The second kappa shape index (κ2) is 10.2.